The van der Waals surface area contributed by atoms with Gasteiger partial charge in [-0.3, -0.25) is 9.59 Å². The molecule has 3 aromatic rings. The van der Waals surface area contributed by atoms with E-state index in [1.54, 1.807) is 6.08 Å². The fraction of sp³-hybridized carbons (Fsp3) is 0.154. The second kappa shape index (κ2) is 10.5. The molecule has 6 heteroatoms. The van der Waals surface area contributed by atoms with Crippen LogP contribution < -0.4 is 10.2 Å². The van der Waals surface area contributed by atoms with Gasteiger partial charge in [0.05, 0.1) is 0 Å². The molecule has 1 heterocycles. The summed E-state index contributed by atoms with van der Waals surface area (Å²) in [5.41, 5.74) is 3.51. The number of carbonyl (C=O) groups is 2. The van der Waals surface area contributed by atoms with Crippen molar-refractivity contribution in [2.24, 2.45) is 0 Å². The minimum absolute atomic E-state index is 0.0436. The molecule has 0 radical (unpaired) electrons. The summed E-state index contributed by atoms with van der Waals surface area (Å²) in [7, 11) is 0. The molecule has 0 spiro atoms. The van der Waals surface area contributed by atoms with Crippen molar-refractivity contribution in [3.8, 4) is 0 Å². The van der Waals surface area contributed by atoms with Crippen molar-refractivity contribution >= 4 is 51.9 Å². The topological polar surface area (TPSA) is 52.7 Å². The van der Waals surface area contributed by atoms with Crippen molar-refractivity contribution in [2.45, 2.75) is 0 Å². The Hall–Kier alpha value is -3.13. The molecule has 1 fully saturated rings. The van der Waals surface area contributed by atoms with Gasteiger partial charge >= 0.3 is 0 Å². The lowest BCUT2D eigenvalue weighted by Crippen LogP contribution is -2.48. The van der Waals surface area contributed by atoms with E-state index in [0.717, 1.165) is 33.6 Å². The molecule has 2 amide bonds. The molecule has 1 saturated heterocycles. The lowest BCUT2D eigenvalue weighted by molar-refractivity contribution is -0.126. The van der Waals surface area contributed by atoms with Crippen molar-refractivity contribution in [1.82, 2.24) is 4.90 Å². The molecule has 0 saturated carbocycles. The van der Waals surface area contributed by atoms with E-state index in [1.807, 2.05) is 89.8 Å². The summed E-state index contributed by atoms with van der Waals surface area (Å²) >= 11 is 2.20. The summed E-state index contributed by atoms with van der Waals surface area (Å²) in [4.78, 5) is 29.0. The number of benzene rings is 3. The number of nitrogens with one attached hydrogen (secondary N) is 1. The fourth-order valence-corrected chi connectivity index (χ4v) is 4.15. The molecule has 0 atom stereocenters. The number of anilines is 2. The minimum Gasteiger partial charge on any atom is -0.368 e. The number of hydrogen-bond acceptors (Lipinski definition) is 3. The summed E-state index contributed by atoms with van der Waals surface area (Å²) in [5, 5.41) is 2.94. The van der Waals surface area contributed by atoms with Crippen molar-refractivity contribution in [1.29, 1.82) is 0 Å². The van der Waals surface area contributed by atoms with E-state index in [0.29, 0.717) is 18.7 Å². The van der Waals surface area contributed by atoms with Crippen LogP contribution in [0.3, 0.4) is 0 Å². The number of hydrogen-bond donors (Lipinski definition) is 1. The SMILES string of the molecule is O=C(Nc1ccc(N2CCN(C(=O)/C=C/c3ccccc3)CC2)cc1)c1cccc(I)c1. The number of carbonyl (C=O) groups excluding carboxylic acids is 2. The van der Waals surface area contributed by atoms with Crippen LogP contribution in [-0.2, 0) is 4.79 Å². The maximum Gasteiger partial charge on any atom is 0.255 e. The van der Waals surface area contributed by atoms with Crippen LogP contribution in [0.2, 0.25) is 0 Å². The molecule has 32 heavy (non-hydrogen) atoms. The van der Waals surface area contributed by atoms with Crippen LogP contribution in [0.4, 0.5) is 11.4 Å². The molecule has 5 nitrogen and oxygen atoms in total. The highest BCUT2D eigenvalue weighted by molar-refractivity contribution is 14.1. The van der Waals surface area contributed by atoms with E-state index >= 15 is 0 Å². The smallest absolute Gasteiger partial charge is 0.255 e. The van der Waals surface area contributed by atoms with Gasteiger partial charge in [-0.1, -0.05) is 36.4 Å². The monoisotopic (exact) mass is 537 g/mol. The molecular weight excluding hydrogens is 513 g/mol. The van der Waals surface area contributed by atoms with E-state index in [1.165, 1.54) is 0 Å². The van der Waals surface area contributed by atoms with E-state index in [2.05, 4.69) is 32.8 Å². The second-order valence-electron chi connectivity index (χ2n) is 7.57. The van der Waals surface area contributed by atoms with E-state index < -0.39 is 0 Å². The number of nitrogens with zero attached hydrogens (tertiary/aromatic N) is 2. The summed E-state index contributed by atoms with van der Waals surface area (Å²) in [6.45, 7) is 2.92. The zero-order chi connectivity index (χ0) is 22.3. The Labute approximate surface area is 201 Å². The number of rotatable bonds is 5. The Morgan fingerprint density at radius 3 is 2.25 bits per heavy atom. The van der Waals surface area contributed by atoms with Crippen LogP contribution in [0, 0.1) is 3.57 Å². The molecule has 0 aromatic heterocycles. The first kappa shape index (κ1) is 22.1. The Morgan fingerprint density at radius 1 is 0.844 bits per heavy atom. The molecule has 3 aromatic carbocycles. The first-order chi connectivity index (χ1) is 15.6. The number of halogens is 1. The summed E-state index contributed by atoms with van der Waals surface area (Å²) in [6, 6.07) is 25.2. The molecule has 0 aliphatic carbocycles. The van der Waals surface area contributed by atoms with Gasteiger partial charge in [-0.25, -0.2) is 0 Å². The first-order valence-corrected chi connectivity index (χ1v) is 11.6. The van der Waals surface area contributed by atoms with Gasteiger partial charge in [-0.2, -0.15) is 0 Å². The van der Waals surface area contributed by atoms with Crippen molar-refractivity contribution in [2.75, 3.05) is 36.4 Å². The van der Waals surface area contributed by atoms with E-state index in [9.17, 15) is 9.59 Å². The van der Waals surface area contributed by atoms with Crippen LogP contribution >= 0.6 is 22.6 Å². The molecule has 4 rings (SSSR count). The Bertz CT molecular complexity index is 1110. The normalized spacial score (nSPS) is 13.9. The maximum atomic E-state index is 12.5. The zero-order valence-electron chi connectivity index (χ0n) is 17.6. The van der Waals surface area contributed by atoms with Gasteiger partial charge in [-0.15, -0.1) is 0 Å². The van der Waals surface area contributed by atoms with Gasteiger partial charge in [0, 0.05) is 52.8 Å². The molecule has 1 aliphatic heterocycles. The molecule has 1 N–H and O–H groups in total. The molecule has 0 unspecified atom stereocenters. The third-order valence-electron chi connectivity index (χ3n) is 5.39. The number of piperazine rings is 1. The Morgan fingerprint density at radius 2 is 1.56 bits per heavy atom. The molecule has 1 aliphatic rings. The third-order valence-corrected chi connectivity index (χ3v) is 6.06. The Kier molecular flexibility index (Phi) is 7.21. The minimum atomic E-state index is -0.119. The highest BCUT2D eigenvalue weighted by Gasteiger charge is 2.20. The van der Waals surface area contributed by atoms with Gasteiger partial charge in [0.15, 0.2) is 0 Å². The predicted molar refractivity (Wildman–Crippen MR) is 138 cm³/mol. The molecule has 162 valence electrons. The van der Waals surface area contributed by atoms with E-state index in [4.69, 9.17) is 0 Å². The summed E-state index contributed by atoms with van der Waals surface area (Å²) in [5.74, 6) is -0.0749. The van der Waals surface area contributed by atoms with E-state index in [-0.39, 0.29) is 11.8 Å². The quantitative estimate of drug-likeness (QED) is 0.372. The average Bonchev–Trinajstić information content (AvgIpc) is 2.84. The Balaban J connectivity index is 1.29. The highest BCUT2D eigenvalue weighted by atomic mass is 127. The van der Waals surface area contributed by atoms with Gasteiger partial charge in [0.25, 0.3) is 5.91 Å². The first-order valence-electron chi connectivity index (χ1n) is 10.5. The second-order valence-corrected chi connectivity index (χ2v) is 8.81. The van der Waals surface area contributed by atoms with Gasteiger partial charge in [0.2, 0.25) is 5.91 Å². The van der Waals surface area contributed by atoms with Crippen molar-refractivity contribution in [3.63, 3.8) is 0 Å². The van der Waals surface area contributed by atoms with Gasteiger partial charge in [-0.05, 0) is 76.7 Å². The molecular formula is C26H24IN3O2. The lowest BCUT2D eigenvalue weighted by Gasteiger charge is -2.35. The summed E-state index contributed by atoms with van der Waals surface area (Å²) < 4.78 is 1.03. The zero-order valence-corrected chi connectivity index (χ0v) is 19.7. The highest BCUT2D eigenvalue weighted by Crippen LogP contribution is 2.20. The standard InChI is InChI=1S/C26H24IN3O2/c27-22-8-4-7-21(19-22)26(32)28-23-10-12-24(13-11-23)29-15-17-30(18-16-29)25(31)14-9-20-5-2-1-3-6-20/h1-14,19H,15-18H2,(H,28,32)/b14-9+. The van der Waals surface area contributed by atoms with Crippen LogP contribution in [0.25, 0.3) is 6.08 Å². The van der Waals surface area contributed by atoms with Gasteiger partial charge in [0.1, 0.15) is 0 Å². The third kappa shape index (κ3) is 5.76. The largest absolute Gasteiger partial charge is 0.368 e. The van der Waals surface area contributed by atoms with Crippen LogP contribution in [0.5, 0.6) is 0 Å². The van der Waals surface area contributed by atoms with Crippen LogP contribution in [-0.4, -0.2) is 42.9 Å². The van der Waals surface area contributed by atoms with Crippen LogP contribution in [0.15, 0.2) is 84.9 Å². The summed E-state index contributed by atoms with van der Waals surface area (Å²) in [6.07, 6.45) is 3.51. The maximum absolute atomic E-state index is 12.5. The molecule has 0 bridgehead atoms. The lowest BCUT2D eigenvalue weighted by atomic mass is 10.2. The van der Waals surface area contributed by atoms with Crippen molar-refractivity contribution in [3.05, 3.63) is 99.6 Å². The van der Waals surface area contributed by atoms with Crippen molar-refractivity contribution < 1.29 is 9.59 Å². The average molecular weight is 537 g/mol. The van der Waals surface area contributed by atoms with Gasteiger partial charge < -0.3 is 15.1 Å². The fourth-order valence-electron chi connectivity index (χ4n) is 3.61. The number of amides is 2. The van der Waals surface area contributed by atoms with Crippen LogP contribution in [0.1, 0.15) is 15.9 Å². The predicted octanol–water partition coefficient (Wildman–Crippen LogP) is 4.91.